The number of carbonyl (C=O) groups excluding carboxylic acids is 1. The molecule has 3 atom stereocenters. The van der Waals surface area contributed by atoms with E-state index in [9.17, 15) is 10.1 Å². The van der Waals surface area contributed by atoms with Crippen LogP contribution in [0, 0.1) is 34.5 Å². The molecule has 0 aliphatic carbocycles. The fraction of sp³-hybridized carbons (Fsp3) is 0.500. The summed E-state index contributed by atoms with van der Waals surface area (Å²) in [6.07, 6.45) is 1.28. The van der Waals surface area contributed by atoms with Gasteiger partial charge in [0, 0.05) is 20.2 Å². The number of amides is 1. The smallest absolute Gasteiger partial charge is 0.240 e. The fourth-order valence-electron chi connectivity index (χ4n) is 2.90. The first-order chi connectivity index (χ1) is 11.1. The molecule has 2 rings (SSSR count). The standard InChI is InChI=1S/C18H21N3O2/c1-13-7-8-21(12-17(13)23-2)18(22)16(11-20)9-14-3-5-15(10-19)6-4-14/h3-6,13,16-17H,7-9,12H2,1-2H3. The monoisotopic (exact) mass is 311 g/mol. The normalized spacial score (nSPS) is 22.0. The van der Waals surface area contributed by atoms with Gasteiger partial charge in [0.1, 0.15) is 5.92 Å². The maximum atomic E-state index is 12.6. The summed E-state index contributed by atoms with van der Waals surface area (Å²) < 4.78 is 5.43. The second-order valence-corrected chi connectivity index (χ2v) is 6.02. The Hall–Kier alpha value is -2.37. The Morgan fingerprint density at radius 2 is 2.09 bits per heavy atom. The summed E-state index contributed by atoms with van der Waals surface area (Å²) in [7, 11) is 1.66. The van der Waals surface area contributed by atoms with Gasteiger partial charge in [-0.1, -0.05) is 19.1 Å². The van der Waals surface area contributed by atoms with Crippen molar-refractivity contribution in [2.24, 2.45) is 11.8 Å². The lowest BCUT2D eigenvalue weighted by atomic mass is 9.93. The van der Waals surface area contributed by atoms with E-state index in [0.717, 1.165) is 12.0 Å². The molecule has 5 nitrogen and oxygen atoms in total. The lowest BCUT2D eigenvalue weighted by Crippen LogP contribution is -2.48. The molecule has 1 amide bonds. The highest BCUT2D eigenvalue weighted by Crippen LogP contribution is 2.22. The van der Waals surface area contributed by atoms with Gasteiger partial charge in [0.25, 0.3) is 0 Å². The zero-order valence-electron chi connectivity index (χ0n) is 13.5. The quantitative estimate of drug-likeness (QED) is 0.853. The number of hydrogen-bond acceptors (Lipinski definition) is 4. The lowest BCUT2D eigenvalue weighted by molar-refractivity contribution is -0.138. The number of benzene rings is 1. The Morgan fingerprint density at radius 3 is 2.65 bits per heavy atom. The summed E-state index contributed by atoms with van der Waals surface area (Å²) in [5.41, 5.74) is 1.46. The largest absolute Gasteiger partial charge is 0.379 e. The Balaban J connectivity index is 2.03. The van der Waals surface area contributed by atoms with Crippen LogP contribution in [0.3, 0.4) is 0 Å². The molecule has 0 bridgehead atoms. The molecule has 1 aliphatic heterocycles. The van der Waals surface area contributed by atoms with E-state index < -0.39 is 5.92 Å². The van der Waals surface area contributed by atoms with Gasteiger partial charge >= 0.3 is 0 Å². The molecule has 3 unspecified atom stereocenters. The molecule has 1 heterocycles. The topological polar surface area (TPSA) is 77.1 Å². The van der Waals surface area contributed by atoms with Crippen LogP contribution < -0.4 is 0 Å². The third-order valence-corrected chi connectivity index (χ3v) is 4.48. The number of ether oxygens (including phenoxy) is 1. The Kier molecular flexibility index (Phi) is 5.73. The van der Waals surface area contributed by atoms with Crippen LogP contribution in [0.25, 0.3) is 0 Å². The summed E-state index contributed by atoms with van der Waals surface area (Å²) in [6, 6.07) is 11.2. The summed E-state index contributed by atoms with van der Waals surface area (Å²) in [5.74, 6) is -0.414. The Bertz CT molecular complexity index is 627. The van der Waals surface area contributed by atoms with Gasteiger partial charge < -0.3 is 9.64 Å². The molecular formula is C18H21N3O2. The van der Waals surface area contributed by atoms with Crippen molar-refractivity contribution in [3.63, 3.8) is 0 Å². The summed E-state index contributed by atoms with van der Waals surface area (Å²) in [6.45, 7) is 3.34. The number of piperidine rings is 1. The van der Waals surface area contributed by atoms with E-state index in [1.54, 1.807) is 36.3 Å². The van der Waals surface area contributed by atoms with Gasteiger partial charge in [-0.05, 0) is 36.5 Å². The zero-order chi connectivity index (χ0) is 16.8. The molecule has 1 aliphatic rings. The van der Waals surface area contributed by atoms with Crippen LogP contribution in [0.4, 0.5) is 0 Å². The first kappa shape index (κ1) is 17.0. The second-order valence-electron chi connectivity index (χ2n) is 6.02. The van der Waals surface area contributed by atoms with E-state index in [1.165, 1.54) is 0 Å². The average Bonchev–Trinajstić information content (AvgIpc) is 2.60. The van der Waals surface area contributed by atoms with E-state index >= 15 is 0 Å². The van der Waals surface area contributed by atoms with Crippen molar-refractivity contribution < 1.29 is 9.53 Å². The predicted octanol–water partition coefficient (Wildman–Crippen LogP) is 2.12. The van der Waals surface area contributed by atoms with Crippen LogP contribution in [0.15, 0.2) is 24.3 Å². The van der Waals surface area contributed by atoms with Gasteiger partial charge in [0.2, 0.25) is 5.91 Å². The molecule has 120 valence electrons. The second kappa shape index (κ2) is 7.76. The SMILES string of the molecule is COC1CN(C(=O)C(C#N)Cc2ccc(C#N)cc2)CCC1C. The molecule has 1 saturated heterocycles. The third kappa shape index (κ3) is 4.09. The van der Waals surface area contributed by atoms with E-state index in [4.69, 9.17) is 10.00 Å². The van der Waals surface area contributed by atoms with E-state index in [0.29, 0.717) is 31.0 Å². The highest BCUT2D eigenvalue weighted by atomic mass is 16.5. The van der Waals surface area contributed by atoms with E-state index in [1.807, 2.05) is 0 Å². The molecule has 0 saturated carbocycles. The lowest BCUT2D eigenvalue weighted by Gasteiger charge is -2.37. The molecule has 1 fully saturated rings. The van der Waals surface area contributed by atoms with Crippen molar-refractivity contribution in [3.05, 3.63) is 35.4 Å². The van der Waals surface area contributed by atoms with Crippen molar-refractivity contribution >= 4 is 5.91 Å². The van der Waals surface area contributed by atoms with Gasteiger partial charge in [0.05, 0.1) is 23.8 Å². The van der Waals surface area contributed by atoms with Crippen molar-refractivity contribution in [2.45, 2.75) is 25.9 Å². The predicted molar refractivity (Wildman–Crippen MR) is 85.1 cm³/mol. The molecule has 0 N–H and O–H groups in total. The number of nitriles is 2. The zero-order valence-corrected chi connectivity index (χ0v) is 13.5. The van der Waals surface area contributed by atoms with Gasteiger partial charge in [0.15, 0.2) is 0 Å². The van der Waals surface area contributed by atoms with Crippen LogP contribution in [0.1, 0.15) is 24.5 Å². The maximum absolute atomic E-state index is 12.6. The van der Waals surface area contributed by atoms with Gasteiger partial charge in [-0.15, -0.1) is 0 Å². The first-order valence-electron chi connectivity index (χ1n) is 7.79. The van der Waals surface area contributed by atoms with Crippen LogP contribution in [-0.2, 0) is 16.0 Å². The van der Waals surface area contributed by atoms with Crippen molar-refractivity contribution in [1.82, 2.24) is 4.90 Å². The highest BCUT2D eigenvalue weighted by molar-refractivity contribution is 5.81. The highest BCUT2D eigenvalue weighted by Gasteiger charge is 2.32. The van der Waals surface area contributed by atoms with Crippen LogP contribution in [0.5, 0.6) is 0 Å². The van der Waals surface area contributed by atoms with Crippen molar-refractivity contribution in [1.29, 1.82) is 10.5 Å². The molecule has 0 aromatic heterocycles. The number of methoxy groups -OCH3 is 1. The van der Waals surface area contributed by atoms with Crippen LogP contribution in [0.2, 0.25) is 0 Å². The van der Waals surface area contributed by atoms with Gasteiger partial charge in [-0.25, -0.2) is 0 Å². The third-order valence-electron chi connectivity index (χ3n) is 4.48. The Labute approximate surface area is 137 Å². The molecule has 0 spiro atoms. The minimum absolute atomic E-state index is 0.0296. The molecule has 1 aromatic carbocycles. The van der Waals surface area contributed by atoms with E-state index in [2.05, 4.69) is 19.1 Å². The number of rotatable bonds is 4. The summed E-state index contributed by atoms with van der Waals surface area (Å²) in [4.78, 5) is 14.4. The van der Waals surface area contributed by atoms with Gasteiger partial charge in [-0.3, -0.25) is 4.79 Å². The average molecular weight is 311 g/mol. The van der Waals surface area contributed by atoms with Crippen molar-refractivity contribution in [2.75, 3.05) is 20.2 Å². The molecule has 5 heteroatoms. The van der Waals surface area contributed by atoms with Gasteiger partial charge in [-0.2, -0.15) is 10.5 Å². The summed E-state index contributed by atoms with van der Waals surface area (Å²) >= 11 is 0. The number of likely N-dealkylation sites (tertiary alicyclic amines) is 1. The van der Waals surface area contributed by atoms with Crippen LogP contribution in [-0.4, -0.2) is 37.1 Å². The Morgan fingerprint density at radius 1 is 1.39 bits per heavy atom. The number of carbonyl (C=O) groups is 1. The minimum atomic E-state index is -0.700. The van der Waals surface area contributed by atoms with E-state index in [-0.39, 0.29) is 12.0 Å². The molecule has 23 heavy (non-hydrogen) atoms. The first-order valence-corrected chi connectivity index (χ1v) is 7.79. The minimum Gasteiger partial charge on any atom is -0.379 e. The molecule has 0 radical (unpaired) electrons. The summed E-state index contributed by atoms with van der Waals surface area (Å²) in [5, 5.41) is 18.2. The molecular weight excluding hydrogens is 290 g/mol. The maximum Gasteiger partial charge on any atom is 0.240 e. The fourth-order valence-corrected chi connectivity index (χ4v) is 2.90. The number of nitrogens with zero attached hydrogens (tertiary/aromatic N) is 3. The molecule has 1 aromatic rings. The van der Waals surface area contributed by atoms with Crippen molar-refractivity contribution in [3.8, 4) is 12.1 Å². The van der Waals surface area contributed by atoms with Crippen LogP contribution >= 0.6 is 0 Å². The number of hydrogen-bond donors (Lipinski definition) is 0.